The summed E-state index contributed by atoms with van der Waals surface area (Å²) in [5, 5.41) is 17.7. The number of hydrogen-bond acceptors (Lipinski definition) is 11. The number of likely N-dealkylation sites (tertiary alicyclic amines) is 1. The number of urea groups is 1. The number of amides is 3. The third kappa shape index (κ3) is 7.89. The molecular formula is C46H51F2N11O6S. The first-order valence-corrected chi connectivity index (χ1v) is 23.9. The zero-order chi connectivity index (χ0) is 46.3. The van der Waals surface area contributed by atoms with Crippen molar-refractivity contribution in [3.63, 3.8) is 0 Å². The van der Waals surface area contributed by atoms with Gasteiger partial charge in [0.05, 0.1) is 34.1 Å². The Morgan fingerprint density at radius 2 is 1.67 bits per heavy atom. The molecule has 4 aliphatic heterocycles. The van der Waals surface area contributed by atoms with E-state index in [1.54, 1.807) is 34.8 Å². The number of ether oxygens (including phenoxy) is 1. The van der Waals surface area contributed by atoms with Crippen molar-refractivity contribution in [1.82, 2.24) is 33.9 Å². The van der Waals surface area contributed by atoms with E-state index in [9.17, 15) is 28.1 Å². The van der Waals surface area contributed by atoms with Gasteiger partial charge in [-0.1, -0.05) is 13.8 Å². The van der Waals surface area contributed by atoms with E-state index < -0.39 is 27.8 Å². The molecule has 5 aromatic rings. The van der Waals surface area contributed by atoms with Crippen LogP contribution in [0.5, 0.6) is 11.5 Å². The lowest BCUT2D eigenvalue weighted by molar-refractivity contribution is -0.120. The molecule has 2 N–H and O–H groups in total. The van der Waals surface area contributed by atoms with Crippen LogP contribution >= 0.6 is 0 Å². The summed E-state index contributed by atoms with van der Waals surface area (Å²) in [6, 6.07) is 11.7. The Morgan fingerprint density at radius 1 is 0.909 bits per heavy atom. The molecule has 0 atom stereocenters. The molecule has 66 heavy (non-hydrogen) atoms. The maximum absolute atomic E-state index is 15.8. The normalized spacial score (nSPS) is 20.8. The second kappa shape index (κ2) is 16.3. The summed E-state index contributed by atoms with van der Waals surface area (Å²) < 4.78 is 70.5. The van der Waals surface area contributed by atoms with E-state index in [1.165, 1.54) is 33.5 Å². The van der Waals surface area contributed by atoms with Crippen molar-refractivity contribution >= 4 is 61.1 Å². The molecule has 6 heterocycles. The molecule has 5 aliphatic rings. The fourth-order valence-corrected chi connectivity index (χ4v) is 12.1. The van der Waals surface area contributed by atoms with E-state index in [0.717, 1.165) is 57.7 Å². The number of halogens is 2. The first-order chi connectivity index (χ1) is 31.5. The molecule has 1 spiro atoms. The summed E-state index contributed by atoms with van der Waals surface area (Å²) in [7, 11) is -2.27. The minimum Gasteiger partial charge on any atom is -0.453 e. The van der Waals surface area contributed by atoms with Crippen molar-refractivity contribution in [2.24, 2.45) is 17.9 Å². The van der Waals surface area contributed by atoms with Gasteiger partial charge in [-0.05, 0) is 111 Å². The van der Waals surface area contributed by atoms with Crippen molar-refractivity contribution in [3.8, 4) is 17.6 Å². The fraction of sp³-hybridized carbons (Fsp3) is 0.478. The van der Waals surface area contributed by atoms with Crippen LogP contribution in [0.1, 0.15) is 76.8 Å². The minimum atomic E-state index is -4.03. The van der Waals surface area contributed by atoms with E-state index in [1.807, 2.05) is 19.9 Å². The summed E-state index contributed by atoms with van der Waals surface area (Å²) in [5.74, 6) is -1.63. The molecule has 20 heteroatoms. The van der Waals surface area contributed by atoms with Crippen molar-refractivity contribution in [2.75, 3.05) is 60.3 Å². The van der Waals surface area contributed by atoms with Gasteiger partial charge in [0, 0.05) is 63.7 Å². The second-order valence-corrected chi connectivity index (χ2v) is 21.0. The maximum atomic E-state index is 15.8. The Balaban J connectivity index is 0.762. The summed E-state index contributed by atoms with van der Waals surface area (Å²) >= 11 is 0. The molecule has 3 aromatic carbocycles. The quantitative estimate of drug-likeness (QED) is 0.173. The van der Waals surface area contributed by atoms with E-state index in [2.05, 4.69) is 29.9 Å². The molecule has 4 saturated heterocycles. The zero-order valence-corrected chi connectivity index (χ0v) is 37.8. The monoisotopic (exact) mass is 923 g/mol. The van der Waals surface area contributed by atoms with Gasteiger partial charge < -0.3 is 14.5 Å². The number of carbonyl (C=O) groups is 2. The third-order valence-corrected chi connectivity index (χ3v) is 16.0. The highest BCUT2D eigenvalue weighted by molar-refractivity contribution is 7.90. The minimum absolute atomic E-state index is 0.0359. The van der Waals surface area contributed by atoms with Gasteiger partial charge >= 0.3 is 16.2 Å². The first kappa shape index (κ1) is 43.7. The highest BCUT2D eigenvalue weighted by Gasteiger charge is 2.48. The Kier molecular flexibility index (Phi) is 10.8. The predicted molar refractivity (Wildman–Crippen MR) is 243 cm³/mol. The summed E-state index contributed by atoms with van der Waals surface area (Å²) in [6.45, 7) is 8.03. The Morgan fingerprint density at radius 3 is 2.36 bits per heavy atom. The SMILES string of the molecule is Cn1nc(N2CCC(=O)NC2=O)c2cc(F)c(N3CCC(N4CCC5(CC4)CC(n4cnc6ccc(Oc7c(F)ccc(NS(=O)(=O)N8CCC(C)(C)C8)c7C#N)cc6c4=O)C5)CC3)cc21. The molecule has 2 aromatic heterocycles. The van der Waals surface area contributed by atoms with Crippen molar-refractivity contribution in [3.05, 3.63) is 76.3 Å². The molecule has 10 rings (SSSR count). The van der Waals surface area contributed by atoms with E-state index >= 15 is 8.78 Å². The van der Waals surface area contributed by atoms with Gasteiger partial charge in [-0.2, -0.15) is 23.1 Å². The lowest BCUT2D eigenvalue weighted by atomic mass is 9.60. The van der Waals surface area contributed by atoms with Crippen LogP contribution in [0.3, 0.4) is 0 Å². The standard InChI is InChI=1S/C46H51F2N11O6S/c1-45(2)11-19-57(26-45)66(63,64)53-37-7-5-34(47)41(33(37)25-49)65-30-4-6-36-31(20-30)43(61)59(27-50-36)29-23-46(24-29)12-17-55(18-13-46)28-8-14-56(15-9-28)39-22-38-32(21-35(39)48)42(52-54(38)3)58-16-10-40(60)51-44(58)62/h4-7,20-22,27-29,53H,8-19,23-24,26H2,1-3H3,(H,51,60,62). The lowest BCUT2D eigenvalue weighted by Gasteiger charge is -2.54. The molecule has 0 radical (unpaired) electrons. The molecular weight excluding hydrogens is 873 g/mol. The van der Waals surface area contributed by atoms with Crippen LogP contribution in [0.4, 0.5) is 30.8 Å². The molecule has 1 saturated carbocycles. The van der Waals surface area contributed by atoms with Crippen LogP contribution in [-0.2, 0) is 22.1 Å². The van der Waals surface area contributed by atoms with Crippen LogP contribution in [-0.4, -0.2) is 101 Å². The highest BCUT2D eigenvalue weighted by atomic mass is 32.2. The first-order valence-electron chi connectivity index (χ1n) is 22.5. The molecule has 1 aliphatic carbocycles. The van der Waals surface area contributed by atoms with Crippen molar-refractivity contribution < 1.29 is 31.5 Å². The van der Waals surface area contributed by atoms with E-state index in [0.29, 0.717) is 66.6 Å². The number of aryl methyl sites for hydroxylation is 1. The van der Waals surface area contributed by atoms with Gasteiger partial charge in [0.15, 0.2) is 17.4 Å². The van der Waals surface area contributed by atoms with Gasteiger partial charge in [-0.15, -0.1) is 0 Å². The summed E-state index contributed by atoms with van der Waals surface area (Å²) in [5.41, 5.74) is 0.867. The molecule has 346 valence electrons. The number of nitriles is 1. The third-order valence-electron chi connectivity index (χ3n) is 14.5. The summed E-state index contributed by atoms with van der Waals surface area (Å²) in [4.78, 5) is 48.8. The number of anilines is 3. The van der Waals surface area contributed by atoms with Gasteiger partial charge in [0.2, 0.25) is 5.91 Å². The predicted octanol–water partition coefficient (Wildman–Crippen LogP) is 6.15. The van der Waals surface area contributed by atoms with Crippen LogP contribution in [0.15, 0.2) is 53.6 Å². The van der Waals surface area contributed by atoms with Gasteiger partial charge in [-0.3, -0.25) is 33.8 Å². The van der Waals surface area contributed by atoms with E-state index in [4.69, 9.17) is 4.74 Å². The summed E-state index contributed by atoms with van der Waals surface area (Å²) in [6.07, 6.45) is 7.89. The number of aromatic nitrogens is 4. The van der Waals surface area contributed by atoms with Crippen LogP contribution in [0, 0.1) is 33.8 Å². The topological polar surface area (TPSA) is 191 Å². The lowest BCUT2D eigenvalue weighted by Crippen LogP contribution is -2.53. The molecule has 0 unspecified atom stereocenters. The number of piperidine rings is 2. The number of imide groups is 1. The smallest absolute Gasteiger partial charge is 0.329 e. The second-order valence-electron chi connectivity index (χ2n) is 19.3. The molecule has 0 bridgehead atoms. The van der Waals surface area contributed by atoms with Gasteiger partial charge in [0.25, 0.3) is 5.56 Å². The van der Waals surface area contributed by atoms with Gasteiger partial charge in [0.1, 0.15) is 23.2 Å². The van der Waals surface area contributed by atoms with Crippen molar-refractivity contribution in [1.29, 1.82) is 5.26 Å². The molecule has 17 nitrogen and oxygen atoms in total. The zero-order valence-electron chi connectivity index (χ0n) is 37.0. The maximum Gasteiger partial charge on any atom is 0.329 e. The van der Waals surface area contributed by atoms with Crippen LogP contribution in [0.2, 0.25) is 0 Å². The van der Waals surface area contributed by atoms with Crippen LogP contribution in [0.25, 0.3) is 21.8 Å². The van der Waals surface area contributed by atoms with E-state index in [-0.39, 0.29) is 69.5 Å². The molecule has 3 amide bonds. The fourth-order valence-electron chi connectivity index (χ4n) is 10.7. The number of benzene rings is 3. The number of nitrogens with one attached hydrogen (secondary N) is 2. The number of carbonyl (C=O) groups excluding carboxylic acids is 2. The van der Waals surface area contributed by atoms with Crippen LogP contribution < -0.4 is 30.1 Å². The number of fused-ring (bicyclic) bond motifs is 2. The average Bonchev–Trinajstić information content (AvgIpc) is 3.82. The highest BCUT2D eigenvalue weighted by Crippen LogP contribution is 2.55. The largest absolute Gasteiger partial charge is 0.453 e. The van der Waals surface area contributed by atoms with Crippen molar-refractivity contribution in [2.45, 2.75) is 77.3 Å². The number of rotatable bonds is 9. The average molecular weight is 924 g/mol. The Hall–Kier alpha value is -6.17. The Bertz CT molecular complexity index is 3020. The number of hydrogen-bond donors (Lipinski definition) is 2. The molecule has 5 fully saturated rings. The Labute approximate surface area is 380 Å². The number of nitrogens with zero attached hydrogens (tertiary/aromatic N) is 9. The van der Waals surface area contributed by atoms with Gasteiger partial charge in [-0.25, -0.2) is 18.6 Å².